The first-order valence-electron chi connectivity index (χ1n) is 37.8. The van der Waals surface area contributed by atoms with E-state index >= 15 is 0 Å². The lowest BCUT2D eigenvalue weighted by atomic mass is 9.89. The van der Waals surface area contributed by atoms with Crippen molar-refractivity contribution in [1.82, 2.24) is 45.0 Å². The number of carboxylic acids is 1. The van der Waals surface area contributed by atoms with Gasteiger partial charge in [0.15, 0.2) is 23.2 Å². The van der Waals surface area contributed by atoms with Gasteiger partial charge >= 0.3 is 30.2 Å². The van der Waals surface area contributed by atoms with Crippen molar-refractivity contribution in [3.8, 4) is 0 Å². The van der Waals surface area contributed by atoms with Crippen molar-refractivity contribution in [2.75, 3.05) is 60.7 Å². The van der Waals surface area contributed by atoms with E-state index in [2.05, 4.69) is 67.2 Å². The molecule has 4 aromatic heterocycles. The van der Waals surface area contributed by atoms with Crippen LogP contribution in [-0.2, 0) is 87.2 Å². The van der Waals surface area contributed by atoms with Crippen molar-refractivity contribution < 1.29 is 82.2 Å². The summed E-state index contributed by atoms with van der Waals surface area (Å²) in [5.74, 6) is -3.48. The van der Waals surface area contributed by atoms with Crippen molar-refractivity contribution in [1.29, 1.82) is 0 Å². The summed E-state index contributed by atoms with van der Waals surface area (Å²) >= 11 is 0. The number of urea groups is 2. The van der Waals surface area contributed by atoms with Gasteiger partial charge < -0.3 is 87.2 Å². The van der Waals surface area contributed by atoms with Gasteiger partial charge in [-0.1, -0.05) is 98.6 Å². The summed E-state index contributed by atoms with van der Waals surface area (Å²) in [6.07, 6.45) is -0.410. The molecule has 9 amide bonds. The number of ketones is 2. The van der Waals surface area contributed by atoms with Gasteiger partial charge in [0.05, 0.1) is 58.4 Å². The van der Waals surface area contributed by atoms with E-state index in [1.165, 1.54) is 0 Å². The first-order chi connectivity index (χ1) is 55.5. The van der Waals surface area contributed by atoms with Crippen molar-refractivity contribution in [2.45, 2.75) is 171 Å². The topological polar surface area (TPSA) is 590 Å². The quantitative estimate of drug-likeness (QED) is 0.00733. The molecule has 0 fully saturated rings. The Kier molecular flexibility index (Phi) is 36.2. The number of nitrogens with one attached hydrogen (secondary N) is 7. The number of para-hydroxylation sites is 2. The van der Waals surface area contributed by atoms with E-state index in [0.29, 0.717) is 99.7 Å². The highest BCUT2D eigenvalue weighted by molar-refractivity contribution is 6.10. The highest BCUT2D eigenvalue weighted by Crippen LogP contribution is 2.34. The second kappa shape index (κ2) is 45.5. The highest BCUT2D eigenvalue weighted by Gasteiger charge is 2.32. The molecule has 4 aromatic carbocycles. The molecule has 16 N–H and O–H groups in total. The number of amides is 9. The Morgan fingerprint density at radius 3 is 1.31 bits per heavy atom. The largest absolute Gasteiger partial charge is 0.481 e. The minimum absolute atomic E-state index is 0.0331. The molecule has 0 aliphatic heterocycles. The minimum Gasteiger partial charge on any atom is -0.481 e. The van der Waals surface area contributed by atoms with Crippen LogP contribution in [0.5, 0.6) is 0 Å². The van der Waals surface area contributed by atoms with Crippen molar-refractivity contribution in [3.63, 3.8) is 0 Å². The number of pyridine rings is 2. The molecule has 0 saturated heterocycles. The molecule has 628 valence electrons. The van der Waals surface area contributed by atoms with Gasteiger partial charge in [-0.3, -0.25) is 39.4 Å². The number of imidazole rings is 2. The van der Waals surface area contributed by atoms with Gasteiger partial charge in [0, 0.05) is 83.0 Å². The third-order valence-corrected chi connectivity index (χ3v) is 17.6. The lowest BCUT2D eigenvalue weighted by Gasteiger charge is -2.24. The van der Waals surface area contributed by atoms with E-state index in [1.807, 2.05) is 85.4 Å². The maximum Gasteiger partial charge on any atom is 0.413 e. The minimum atomic E-state index is -1.11. The number of aliphatic hydroxyl groups is 2. The molecule has 39 nitrogen and oxygen atoms in total. The molecule has 8 rings (SSSR count). The number of carboxylic acid groups (broad SMARTS) is 1. The fourth-order valence-electron chi connectivity index (χ4n) is 12.0. The fraction of sp³-hybridized carbons (Fsp3) is 0.462. The van der Waals surface area contributed by atoms with E-state index in [0.717, 1.165) is 10.8 Å². The molecule has 0 bridgehead atoms. The van der Waals surface area contributed by atoms with Gasteiger partial charge in [-0.25, -0.2) is 39.1 Å². The Morgan fingerprint density at radius 2 is 0.949 bits per heavy atom. The normalized spacial score (nSPS) is 12.3. The molecule has 8 aromatic rings. The van der Waals surface area contributed by atoms with Crippen molar-refractivity contribution in [2.24, 2.45) is 51.1 Å². The molecule has 0 spiro atoms. The van der Waals surface area contributed by atoms with Crippen LogP contribution in [0.3, 0.4) is 0 Å². The molecule has 0 unspecified atom stereocenters. The number of ether oxygens (including phenoxy) is 4. The number of carbonyl (C=O) groups excluding carboxylic acids is 9. The number of carbonyl (C=O) groups is 10. The predicted molar refractivity (Wildman–Crippen MR) is 436 cm³/mol. The average molecular weight is 1620 g/mol. The van der Waals surface area contributed by atoms with Crippen LogP contribution in [0, 0.1) is 23.7 Å². The molecule has 0 saturated carbocycles. The highest BCUT2D eigenvalue weighted by atomic mass is 16.6. The van der Waals surface area contributed by atoms with E-state index in [9.17, 15) is 58.2 Å². The summed E-state index contributed by atoms with van der Waals surface area (Å²) in [7, 11) is 0. The molecular formula is C78H104N22O17. The number of aromatic nitrogens is 6. The smallest absolute Gasteiger partial charge is 0.413 e. The van der Waals surface area contributed by atoms with Crippen LogP contribution in [0.15, 0.2) is 107 Å². The van der Waals surface area contributed by atoms with E-state index in [-0.39, 0.29) is 113 Å². The predicted octanol–water partition coefficient (Wildman–Crippen LogP) is 10.0. The van der Waals surface area contributed by atoms with Gasteiger partial charge in [0.25, 0.3) is 0 Å². The molecule has 4 atom stereocenters. The number of hydrogen-bond donors (Lipinski definition) is 13. The van der Waals surface area contributed by atoms with Crippen molar-refractivity contribution >= 4 is 126 Å². The summed E-state index contributed by atoms with van der Waals surface area (Å²) in [5.41, 5.74) is 35.9. The van der Waals surface area contributed by atoms with E-state index < -0.39 is 90.2 Å². The maximum atomic E-state index is 13.5. The molecule has 0 radical (unpaired) electrons. The monoisotopic (exact) mass is 1620 g/mol. The summed E-state index contributed by atoms with van der Waals surface area (Å²) in [6.45, 7) is 18.8. The average Bonchev–Trinajstić information content (AvgIpc) is 1.61. The van der Waals surface area contributed by atoms with Gasteiger partial charge in [-0.2, -0.15) is 0 Å². The molecule has 0 aliphatic carbocycles. The molecular weight excluding hydrogens is 1520 g/mol. The van der Waals surface area contributed by atoms with Crippen LogP contribution in [0.4, 0.5) is 42.2 Å². The first kappa shape index (κ1) is 93.2. The van der Waals surface area contributed by atoms with Crippen LogP contribution < -0.4 is 54.4 Å². The standard InChI is InChI=1S/C39H51N11O8.C37H50N8O7.C2H3N3O2/c1-6-57-21-30-46-33-34(50(30)22-39(4,5)56)27-11-7-8-12-28(27)45-35(33)48-38(55)58-20-24-13-15-26(16-14-24)44-36(53)25(10-9-17-42-37(40)54)18-29(51)32(23(2)3)47-31(52)19-43-49-41;1-6-51-20-29-43-31-32(45(29)21-37(4,5)50)26-11-7-8-12-27(26)42-33(31)44-36(49)52-19-23-13-15-25(16-14-23)41-34(47)24(10-9-17-40-35(39)48)18-28(46)30(38)22(2)3;3-5-4-1-2(6)7/h7-8,11-16,23,25,32,56H,6,9-10,17-22H2,1-5H3,(H,44,53)(H,47,52)(H3,40,42,54)(H,45,48,55);7-8,11-16,22,24,30,50H,6,9-10,17-21,38H2,1-5H3,(H,41,47)(H3,39,40,48)(H,42,44,49);1H2,(H,6,7)/t25-,32+;24-,30+;/m11./s1. The number of hydrogen-bond acceptors (Lipinski definition) is 23. The third kappa shape index (κ3) is 30.3. The number of Topliss-reactive ketones (excluding diaryl/α,β-unsaturated/α-hetero) is 2. The zero-order chi connectivity index (χ0) is 86.1. The first-order valence-corrected chi connectivity index (χ1v) is 37.8. The zero-order valence-corrected chi connectivity index (χ0v) is 67.1. The van der Waals surface area contributed by atoms with Crippen LogP contribution in [0.2, 0.25) is 0 Å². The Labute approximate surface area is 673 Å². The Morgan fingerprint density at radius 1 is 0.547 bits per heavy atom. The van der Waals surface area contributed by atoms with Gasteiger partial charge in [0.1, 0.15) is 62.2 Å². The number of nitrogens with zero attached hydrogens (tertiary/aromatic N) is 12. The Bertz CT molecular complexity index is 4870. The van der Waals surface area contributed by atoms with Crippen LogP contribution in [0.1, 0.15) is 131 Å². The number of fused-ring (bicyclic) bond motifs is 6. The number of benzene rings is 4. The van der Waals surface area contributed by atoms with Crippen LogP contribution >= 0.6 is 0 Å². The van der Waals surface area contributed by atoms with Gasteiger partial charge in [-0.15, -0.1) is 0 Å². The number of rotatable bonds is 41. The number of nitrogens with two attached hydrogens (primary N) is 3. The number of primary amides is 2. The van der Waals surface area contributed by atoms with E-state index in [1.54, 1.807) is 90.1 Å². The summed E-state index contributed by atoms with van der Waals surface area (Å²) < 4.78 is 26.2. The van der Waals surface area contributed by atoms with Crippen LogP contribution in [-0.4, -0.2) is 167 Å². The zero-order valence-electron chi connectivity index (χ0n) is 67.1. The lowest BCUT2D eigenvalue weighted by Crippen LogP contribution is -2.46. The van der Waals surface area contributed by atoms with Gasteiger partial charge in [0.2, 0.25) is 17.7 Å². The third-order valence-electron chi connectivity index (χ3n) is 17.6. The molecule has 0 aliphatic rings. The summed E-state index contributed by atoms with van der Waals surface area (Å²) in [5, 5.41) is 55.5. The Balaban J connectivity index is 0.000000337. The molecule has 4 heterocycles. The maximum absolute atomic E-state index is 13.5. The Hall–Kier alpha value is -12.6. The van der Waals surface area contributed by atoms with Crippen molar-refractivity contribution in [3.05, 3.63) is 141 Å². The fourth-order valence-corrected chi connectivity index (χ4v) is 12.0. The lowest BCUT2D eigenvalue weighted by molar-refractivity contribution is -0.135. The summed E-state index contributed by atoms with van der Waals surface area (Å²) in [6, 6.07) is 25.3. The number of aliphatic carboxylic acids is 1. The number of azide groups is 2. The van der Waals surface area contributed by atoms with Crippen LogP contribution in [0.25, 0.3) is 64.8 Å². The summed E-state index contributed by atoms with van der Waals surface area (Å²) in [4.78, 5) is 147. The van der Waals surface area contributed by atoms with E-state index in [4.69, 9.17) is 62.3 Å². The second-order valence-corrected chi connectivity index (χ2v) is 29.1. The molecule has 39 heteroatoms. The second-order valence-electron chi connectivity index (χ2n) is 29.1. The molecule has 117 heavy (non-hydrogen) atoms. The number of anilines is 4. The van der Waals surface area contributed by atoms with Gasteiger partial charge in [-0.05, 0) is 138 Å². The SMILES string of the molecule is CCOCc1nc2c(NC(=O)OCc3ccc(NC(=O)[C@H](CCCNC(N)=O)CC(=O)[C@@H](N)C(C)C)cc3)nc3ccccc3c2n1CC(C)(C)O.CCOCc1nc2c(NC(=O)OCc3ccc(NC(=O)[C@H](CCCNC(N)=O)CC(=O)[C@@H](NC(=O)CN=[N+]=[N-])C(C)C)cc3)nc3ccccc3c2n1CC(C)(C)O.[N-]=[N+]=NCC(=O)O.